The van der Waals surface area contributed by atoms with Gasteiger partial charge >= 0.3 is 0 Å². The number of rotatable bonds is 3. The minimum absolute atomic E-state index is 0.183. The van der Waals surface area contributed by atoms with Crippen LogP contribution < -0.4 is 5.32 Å². The van der Waals surface area contributed by atoms with Gasteiger partial charge in [-0.3, -0.25) is 9.69 Å². The van der Waals surface area contributed by atoms with Gasteiger partial charge < -0.3 is 20.6 Å². The number of carbonyl (C=O) groups excluding carboxylic acids is 1. The number of likely N-dealkylation sites (tertiary alicyclic amines) is 1. The number of likely N-dealkylation sites (N-methyl/N-ethyl adjacent to an activating group) is 1. The number of carbonyl (C=O) groups is 1. The van der Waals surface area contributed by atoms with Crippen LogP contribution in [0.5, 0.6) is 0 Å². The van der Waals surface area contributed by atoms with E-state index in [1.165, 1.54) is 6.92 Å². The number of nitrogens with one attached hydrogen (secondary N) is 1. The molecule has 0 aliphatic carbocycles. The zero-order valence-corrected chi connectivity index (χ0v) is 8.92. The lowest BCUT2D eigenvalue weighted by Crippen LogP contribution is -2.44. The van der Waals surface area contributed by atoms with Crippen LogP contribution in [-0.4, -0.2) is 70.6 Å². The van der Waals surface area contributed by atoms with Crippen molar-refractivity contribution in [2.45, 2.75) is 31.2 Å². The van der Waals surface area contributed by atoms with Gasteiger partial charge in [0.15, 0.2) is 0 Å². The van der Waals surface area contributed by atoms with Crippen LogP contribution in [0.3, 0.4) is 0 Å². The molecule has 1 aliphatic rings. The van der Waals surface area contributed by atoms with Gasteiger partial charge in [-0.2, -0.15) is 0 Å². The number of nitrogens with zero attached hydrogens (tertiary/aromatic N) is 1. The first-order valence-electron chi connectivity index (χ1n) is 4.92. The van der Waals surface area contributed by atoms with Crippen LogP contribution in [0.25, 0.3) is 0 Å². The Balaban J connectivity index is 2.61. The summed E-state index contributed by atoms with van der Waals surface area (Å²) in [6, 6.07) is -0.834. The first-order valence-corrected chi connectivity index (χ1v) is 4.92. The molecule has 4 atom stereocenters. The quantitative estimate of drug-likeness (QED) is 0.421. The van der Waals surface area contributed by atoms with E-state index in [-0.39, 0.29) is 25.1 Å². The summed E-state index contributed by atoms with van der Waals surface area (Å²) in [6.07, 6.45) is -1.92. The molecule has 1 fully saturated rings. The van der Waals surface area contributed by atoms with Crippen LogP contribution in [0, 0.1) is 0 Å². The number of aliphatic hydroxyl groups excluding tert-OH is 3. The highest BCUT2D eigenvalue weighted by molar-refractivity contribution is 5.72. The lowest BCUT2D eigenvalue weighted by molar-refractivity contribution is -0.119. The average molecular weight is 218 g/mol. The average Bonchev–Trinajstić information content (AvgIpc) is 2.36. The Kier molecular flexibility index (Phi) is 4.04. The maximum absolute atomic E-state index is 10.7. The highest BCUT2D eigenvalue weighted by atomic mass is 16.3. The Hall–Kier alpha value is -0.690. The molecule has 88 valence electrons. The Morgan fingerprint density at radius 2 is 1.87 bits per heavy atom. The monoisotopic (exact) mass is 218 g/mol. The first kappa shape index (κ1) is 12.4. The molecule has 0 aromatic heterocycles. The Morgan fingerprint density at radius 3 is 2.27 bits per heavy atom. The van der Waals surface area contributed by atoms with E-state index in [4.69, 9.17) is 5.11 Å². The molecule has 0 bridgehead atoms. The van der Waals surface area contributed by atoms with Crippen molar-refractivity contribution in [2.75, 3.05) is 20.2 Å². The maximum atomic E-state index is 10.7. The van der Waals surface area contributed by atoms with Gasteiger partial charge in [0.2, 0.25) is 5.91 Å². The lowest BCUT2D eigenvalue weighted by atomic mass is 10.1. The van der Waals surface area contributed by atoms with Gasteiger partial charge in [-0.05, 0) is 7.05 Å². The van der Waals surface area contributed by atoms with E-state index in [0.29, 0.717) is 0 Å². The predicted molar refractivity (Wildman–Crippen MR) is 53.1 cm³/mol. The van der Waals surface area contributed by atoms with E-state index in [1.807, 2.05) is 0 Å². The molecule has 0 radical (unpaired) electrons. The summed E-state index contributed by atoms with van der Waals surface area (Å²) in [4.78, 5) is 12.4. The first-order chi connectivity index (χ1) is 6.99. The van der Waals surface area contributed by atoms with E-state index in [0.717, 1.165) is 0 Å². The van der Waals surface area contributed by atoms with Crippen molar-refractivity contribution >= 4 is 5.91 Å². The van der Waals surface area contributed by atoms with Crippen molar-refractivity contribution in [2.24, 2.45) is 0 Å². The number of hydrogen-bond acceptors (Lipinski definition) is 5. The van der Waals surface area contributed by atoms with E-state index >= 15 is 0 Å². The van der Waals surface area contributed by atoms with Crippen LogP contribution in [0.4, 0.5) is 0 Å². The molecular weight excluding hydrogens is 200 g/mol. The molecule has 2 unspecified atom stereocenters. The molecule has 0 saturated carbocycles. The van der Waals surface area contributed by atoms with Gasteiger partial charge in [0.05, 0.1) is 30.9 Å². The summed E-state index contributed by atoms with van der Waals surface area (Å²) in [5.74, 6) is -0.183. The van der Waals surface area contributed by atoms with E-state index in [9.17, 15) is 15.0 Å². The molecule has 4 N–H and O–H groups in total. The highest BCUT2D eigenvalue weighted by Gasteiger charge is 2.45. The molecule has 1 rings (SSSR count). The largest absolute Gasteiger partial charge is 0.395 e. The van der Waals surface area contributed by atoms with E-state index < -0.39 is 18.2 Å². The summed E-state index contributed by atoms with van der Waals surface area (Å²) in [6.45, 7) is 1.44. The fourth-order valence-corrected chi connectivity index (χ4v) is 1.93. The van der Waals surface area contributed by atoms with Gasteiger partial charge in [0, 0.05) is 13.5 Å². The predicted octanol–water partition coefficient (Wildman–Crippen LogP) is -2.48. The second-order valence-electron chi connectivity index (χ2n) is 3.90. The Morgan fingerprint density at radius 1 is 1.33 bits per heavy atom. The lowest BCUT2D eigenvalue weighted by Gasteiger charge is -2.24. The summed E-state index contributed by atoms with van der Waals surface area (Å²) in [5.41, 5.74) is 0. The number of aliphatic hydroxyl groups is 3. The second kappa shape index (κ2) is 4.89. The number of hydrogen-bond donors (Lipinski definition) is 4. The molecule has 6 heteroatoms. The van der Waals surface area contributed by atoms with Crippen molar-refractivity contribution in [1.82, 2.24) is 10.2 Å². The molecule has 1 saturated heterocycles. The summed E-state index contributed by atoms with van der Waals surface area (Å²) < 4.78 is 0. The highest BCUT2D eigenvalue weighted by Crippen LogP contribution is 2.22. The Labute approximate surface area is 88.5 Å². The molecule has 1 amide bonds. The fraction of sp³-hybridized carbons (Fsp3) is 0.889. The standard InChI is InChI=1S/C9H18N2O4/c1-5(13)10-3-6-8(14)9(15)7(4-12)11(6)2/h6-9,12,14-15H,3-4H2,1-2H3,(H,10,13)/t6-,7?,8?,9+/m0/s1. The molecule has 0 aromatic rings. The minimum Gasteiger partial charge on any atom is -0.395 e. The van der Waals surface area contributed by atoms with Crippen LogP contribution in [-0.2, 0) is 4.79 Å². The zero-order chi connectivity index (χ0) is 11.6. The van der Waals surface area contributed by atoms with Crippen LogP contribution in [0.1, 0.15) is 6.92 Å². The third kappa shape index (κ3) is 2.46. The van der Waals surface area contributed by atoms with Gasteiger partial charge in [0.25, 0.3) is 0 Å². The van der Waals surface area contributed by atoms with Gasteiger partial charge in [-0.25, -0.2) is 0 Å². The second-order valence-corrected chi connectivity index (χ2v) is 3.90. The van der Waals surface area contributed by atoms with E-state index in [2.05, 4.69) is 5.32 Å². The zero-order valence-electron chi connectivity index (χ0n) is 8.92. The minimum atomic E-state index is -0.973. The fourth-order valence-electron chi connectivity index (χ4n) is 1.93. The van der Waals surface area contributed by atoms with Gasteiger partial charge in [-0.15, -0.1) is 0 Å². The van der Waals surface area contributed by atoms with Crippen molar-refractivity contribution in [3.8, 4) is 0 Å². The van der Waals surface area contributed by atoms with Gasteiger partial charge in [0.1, 0.15) is 0 Å². The third-order valence-electron chi connectivity index (χ3n) is 2.93. The molecule has 1 aliphatic heterocycles. The SMILES string of the molecule is CC(=O)NC[C@H]1C(O)[C@H](O)C(CO)N1C. The molecular formula is C9H18N2O4. The van der Waals surface area contributed by atoms with Crippen molar-refractivity contribution in [3.63, 3.8) is 0 Å². The van der Waals surface area contributed by atoms with Crippen molar-refractivity contribution in [1.29, 1.82) is 0 Å². The molecule has 0 aromatic carbocycles. The maximum Gasteiger partial charge on any atom is 0.216 e. The summed E-state index contributed by atoms with van der Waals surface area (Å²) in [5, 5.41) is 30.9. The van der Waals surface area contributed by atoms with Crippen molar-refractivity contribution < 1.29 is 20.1 Å². The number of amides is 1. The Bertz CT molecular complexity index is 236. The third-order valence-corrected chi connectivity index (χ3v) is 2.93. The molecule has 6 nitrogen and oxygen atoms in total. The van der Waals surface area contributed by atoms with Crippen LogP contribution in [0.2, 0.25) is 0 Å². The topological polar surface area (TPSA) is 93.0 Å². The molecule has 0 spiro atoms. The molecule has 15 heavy (non-hydrogen) atoms. The summed E-state index contributed by atoms with van der Waals surface area (Å²) >= 11 is 0. The molecule has 1 heterocycles. The van der Waals surface area contributed by atoms with E-state index in [1.54, 1.807) is 11.9 Å². The van der Waals surface area contributed by atoms with Gasteiger partial charge in [-0.1, -0.05) is 0 Å². The normalized spacial score (nSPS) is 36.9. The van der Waals surface area contributed by atoms with Crippen molar-refractivity contribution in [3.05, 3.63) is 0 Å². The van der Waals surface area contributed by atoms with Crippen LogP contribution in [0.15, 0.2) is 0 Å². The smallest absolute Gasteiger partial charge is 0.216 e. The van der Waals surface area contributed by atoms with Crippen LogP contribution >= 0.6 is 0 Å². The summed E-state index contributed by atoms with van der Waals surface area (Å²) in [7, 11) is 1.70.